The van der Waals surface area contributed by atoms with Gasteiger partial charge in [0, 0.05) is 12.1 Å². The molecular weight excluding hydrogens is 210 g/mol. The predicted octanol–water partition coefficient (Wildman–Crippen LogP) is 2.66. The van der Waals surface area contributed by atoms with Gasteiger partial charge in [-0.3, -0.25) is 0 Å². The minimum Gasteiger partial charge on any atom is -0.330 e. The van der Waals surface area contributed by atoms with E-state index in [1.807, 2.05) is 6.20 Å². The van der Waals surface area contributed by atoms with Gasteiger partial charge >= 0.3 is 0 Å². The Morgan fingerprint density at radius 1 is 1.47 bits per heavy atom. The fourth-order valence-electron chi connectivity index (χ4n) is 2.42. The molecule has 0 bridgehead atoms. The molecule has 3 nitrogen and oxygen atoms in total. The van der Waals surface area contributed by atoms with E-state index < -0.39 is 0 Å². The van der Waals surface area contributed by atoms with Gasteiger partial charge in [-0.05, 0) is 36.9 Å². The Kier molecular flexibility index (Phi) is 2.63. The van der Waals surface area contributed by atoms with Crippen LogP contribution < -0.4 is 5.73 Å². The summed E-state index contributed by atoms with van der Waals surface area (Å²) in [6.45, 7) is 2.86. The van der Waals surface area contributed by atoms with Crippen LogP contribution in [0.3, 0.4) is 0 Å². The van der Waals surface area contributed by atoms with Crippen LogP contribution in [0, 0.1) is 0 Å². The minimum absolute atomic E-state index is 0.413. The lowest BCUT2D eigenvalue weighted by molar-refractivity contribution is 0.400. The maximum atomic E-state index is 5.73. The summed E-state index contributed by atoms with van der Waals surface area (Å²) in [5.74, 6) is 2.31. The number of pyridine rings is 1. The molecule has 2 N–H and O–H groups in total. The first kappa shape index (κ1) is 10.8. The van der Waals surface area contributed by atoms with Gasteiger partial charge in [0.1, 0.15) is 5.82 Å². The van der Waals surface area contributed by atoms with Crippen LogP contribution in [0.4, 0.5) is 0 Å². The molecular formula is C14H19N3. The van der Waals surface area contributed by atoms with Crippen molar-refractivity contribution in [3.63, 3.8) is 0 Å². The molecule has 1 saturated carbocycles. The largest absolute Gasteiger partial charge is 0.330 e. The Bertz CT molecular complexity index is 525. The fraction of sp³-hybridized carbons (Fsp3) is 0.500. The van der Waals surface area contributed by atoms with E-state index >= 15 is 0 Å². The maximum Gasteiger partial charge on any atom is 0.116 e. The molecule has 0 saturated heterocycles. The van der Waals surface area contributed by atoms with Gasteiger partial charge in [0.25, 0.3) is 0 Å². The second-order valence-electron chi connectivity index (χ2n) is 5.14. The zero-order valence-corrected chi connectivity index (χ0v) is 10.3. The highest BCUT2D eigenvalue weighted by atomic mass is 15.0. The van der Waals surface area contributed by atoms with Crippen molar-refractivity contribution in [3.05, 3.63) is 35.9 Å². The summed E-state index contributed by atoms with van der Waals surface area (Å²) in [5.41, 5.74) is 8.23. The molecule has 0 aliphatic heterocycles. The van der Waals surface area contributed by atoms with Gasteiger partial charge in [-0.1, -0.05) is 19.4 Å². The van der Waals surface area contributed by atoms with E-state index in [1.54, 1.807) is 0 Å². The highest BCUT2D eigenvalue weighted by Gasteiger charge is 2.23. The van der Waals surface area contributed by atoms with Crippen LogP contribution in [0.25, 0.3) is 5.52 Å². The summed E-state index contributed by atoms with van der Waals surface area (Å²) in [6, 6.07) is 4.32. The molecule has 1 aliphatic carbocycles. The first-order valence-corrected chi connectivity index (χ1v) is 6.46. The number of fused-ring (bicyclic) bond motifs is 1. The van der Waals surface area contributed by atoms with E-state index in [0.717, 1.165) is 0 Å². The lowest BCUT2D eigenvalue weighted by Crippen LogP contribution is -2.13. The number of hydrogen-bond acceptors (Lipinski definition) is 2. The first-order valence-electron chi connectivity index (χ1n) is 6.46. The molecule has 0 spiro atoms. The predicted molar refractivity (Wildman–Crippen MR) is 69.3 cm³/mol. The van der Waals surface area contributed by atoms with Crippen LogP contribution in [-0.4, -0.2) is 15.9 Å². The number of rotatable bonds is 3. The standard InChI is InChI=1S/C14H19N3/c1-10(7-15)12-5-6-13-8-16-14(17(13)9-12)11-3-2-4-11/h5-6,8-11H,2-4,7,15H2,1H3. The number of aromatic nitrogens is 2. The third kappa shape index (κ3) is 1.75. The maximum absolute atomic E-state index is 5.73. The first-order chi connectivity index (χ1) is 8.29. The van der Waals surface area contributed by atoms with Gasteiger partial charge in [0.2, 0.25) is 0 Å². The molecule has 1 unspecified atom stereocenters. The third-order valence-corrected chi connectivity index (χ3v) is 3.97. The summed E-state index contributed by atoms with van der Waals surface area (Å²) in [4.78, 5) is 4.58. The van der Waals surface area contributed by atoms with Crippen molar-refractivity contribution in [1.29, 1.82) is 0 Å². The average Bonchev–Trinajstić information content (AvgIpc) is 2.69. The molecule has 0 amide bonds. The lowest BCUT2D eigenvalue weighted by Gasteiger charge is -2.24. The van der Waals surface area contributed by atoms with E-state index in [4.69, 9.17) is 5.73 Å². The van der Waals surface area contributed by atoms with Crippen molar-refractivity contribution >= 4 is 5.52 Å². The van der Waals surface area contributed by atoms with Crippen molar-refractivity contribution in [2.75, 3.05) is 6.54 Å². The highest BCUT2D eigenvalue weighted by Crippen LogP contribution is 2.35. The molecule has 1 fully saturated rings. The van der Waals surface area contributed by atoms with Gasteiger partial charge in [0.15, 0.2) is 0 Å². The normalized spacial score (nSPS) is 18.2. The molecule has 1 atom stereocenters. The van der Waals surface area contributed by atoms with Gasteiger partial charge in [-0.15, -0.1) is 0 Å². The number of imidazole rings is 1. The zero-order valence-electron chi connectivity index (χ0n) is 10.3. The Morgan fingerprint density at radius 3 is 2.94 bits per heavy atom. The third-order valence-electron chi connectivity index (χ3n) is 3.97. The highest BCUT2D eigenvalue weighted by molar-refractivity contribution is 5.48. The van der Waals surface area contributed by atoms with Crippen molar-refractivity contribution in [3.8, 4) is 0 Å². The van der Waals surface area contributed by atoms with Crippen LogP contribution in [-0.2, 0) is 0 Å². The average molecular weight is 229 g/mol. The monoisotopic (exact) mass is 229 g/mol. The number of nitrogens with two attached hydrogens (primary N) is 1. The molecule has 2 aromatic heterocycles. The van der Waals surface area contributed by atoms with Gasteiger partial charge in [-0.2, -0.15) is 0 Å². The minimum atomic E-state index is 0.413. The molecule has 2 heterocycles. The van der Waals surface area contributed by atoms with Gasteiger partial charge in [-0.25, -0.2) is 4.98 Å². The summed E-state index contributed by atoms with van der Waals surface area (Å²) in [5, 5.41) is 0. The van der Waals surface area contributed by atoms with E-state index in [9.17, 15) is 0 Å². The molecule has 17 heavy (non-hydrogen) atoms. The zero-order chi connectivity index (χ0) is 11.8. The Labute approximate surface area is 102 Å². The van der Waals surface area contributed by atoms with E-state index in [1.165, 1.54) is 36.2 Å². The lowest BCUT2D eigenvalue weighted by atomic mass is 9.85. The van der Waals surface area contributed by atoms with Crippen LogP contribution in [0.2, 0.25) is 0 Å². The Hall–Kier alpha value is -1.35. The van der Waals surface area contributed by atoms with Crippen molar-refractivity contribution in [2.45, 2.75) is 38.0 Å². The number of hydrogen-bond donors (Lipinski definition) is 1. The second kappa shape index (κ2) is 4.15. The summed E-state index contributed by atoms with van der Waals surface area (Å²) in [6.07, 6.45) is 8.11. The topological polar surface area (TPSA) is 43.3 Å². The van der Waals surface area contributed by atoms with Crippen LogP contribution in [0.15, 0.2) is 24.5 Å². The fourth-order valence-corrected chi connectivity index (χ4v) is 2.42. The molecule has 0 aromatic carbocycles. The Balaban J connectivity index is 2.05. The van der Waals surface area contributed by atoms with E-state index in [0.29, 0.717) is 18.4 Å². The molecule has 3 rings (SSSR count). The van der Waals surface area contributed by atoms with Crippen molar-refractivity contribution in [1.82, 2.24) is 9.38 Å². The second-order valence-corrected chi connectivity index (χ2v) is 5.14. The SMILES string of the molecule is CC(CN)c1ccc2cnc(C3CCC3)n2c1. The van der Waals surface area contributed by atoms with Crippen molar-refractivity contribution < 1.29 is 0 Å². The molecule has 90 valence electrons. The quantitative estimate of drug-likeness (QED) is 0.879. The molecule has 3 heteroatoms. The summed E-state index contributed by atoms with van der Waals surface area (Å²) < 4.78 is 2.26. The van der Waals surface area contributed by atoms with E-state index in [2.05, 4.69) is 34.6 Å². The van der Waals surface area contributed by atoms with E-state index in [-0.39, 0.29) is 0 Å². The van der Waals surface area contributed by atoms with Crippen LogP contribution in [0.5, 0.6) is 0 Å². The van der Waals surface area contributed by atoms with Gasteiger partial charge < -0.3 is 10.1 Å². The van der Waals surface area contributed by atoms with Crippen LogP contribution in [0.1, 0.15) is 49.4 Å². The molecule has 1 aliphatic rings. The summed E-state index contributed by atoms with van der Waals surface area (Å²) >= 11 is 0. The van der Waals surface area contributed by atoms with Gasteiger partial charge in [0.05, 0.1) is 11.7 Å². The number of nitrogens with zero attached hydrogens (tertiary/aromatic N) is 2. The van der Waals surface area contributed by atoms with Crippen LogP contribution >= 0.6 is 0 Å². The summed E-state index contributed by atoms with van der Waals surface area (Å²) in [7, 11) is 0. The van der Waals surface area contributed by atoms with Crippen molar-refractivity contribution in [2.24, 2.45) is 5.73 Å². The molecule has 0 radical (unpaired) electrons. The smallest absolute Gasteiger partial charge is 0.116 e. The molecule has 2 aromatic rings. The Morgan fingerprint density at radius 2 is 2.29 bits per heavy atom.